The van der Waals surface area contributed by atoms with Crippen molar-refractivity contribution in [3.05, 3.63) is 23.8 Å². The summed E-state index contributed by atoms with van der Waals surface area (Å²) < 4.78 is 9.78. The van der Waals surface area contributed by atoms with Gasteiger partial charge in [0.25, 0.3) is 0 Å². The summed E-state index contributed by atoms with van der Waals surface area (Å²) in [5, 5.41) is 17.6. The zero-order valence-electron chi connectivity index (χ0n) is 9.42. The summed E-state index contributed by atoms with van der Waals surface area (Å²) in [5.74, 6) is -0.329. The van der Waals surface area contributed by atoms with E-state index in [4.69, 9.17) is 25.4 Å². The zero-order valence-corrected chi connectivity index (χ0v) is 9.42. The fourth-order valence-corrected chi connectivity index (χ4v) is 1.19. The summed E-state index contributed by atoms with van der Waals surface area (Å²) in [5.41, 5.74) is 6.13. The minimum Gasteiger partial charge on any atom is -0.496 e. The highest BCUT2D eigenvalue weighted by molar-refractivity contribution is 5.93. The van der Waals surface area contributed by atoms with Crippen LogP contribution in [0.5, 0.6) is 5.75 Å². The first-order valence-electron chi connectivity index (χ1n) is 4.98. The lowest BCUT2D eigenvalue weighted by Crippen LogP contribution is -2.22. The Morgan fingerprint density at radius 1 is 1.53 bits per heavy atom. The quantitative estimate of drug-likeness (QED) is 0.487. The first-order valence-corrected chi connectivity index (χ1v) is 4.98. The second-order valence-electron chi connectivity index (χ2n) is 3.39. The van der Waals surface area contributed by atoms with Crippen LogP contribution < -0.4 is 10.5 Å². The maximum absolute atomic E-state index is 11.6. The van der Waals surface area contributed by atoms with Crippen molar-refractivity contribution in [2.45, 2.75) is 6.10 Å². The number of methoxy groups -OCH3 is 1. The Kier molecular flexibility index (Phi) is 4.74. The van der Waals surface area contributed by atoms with Crippen LogP contribution in [0, 0.1) is 0 Å². The van der Waals surface area contributed by atoms with Crippen LogP contribution in [0.25, 0.3) is 0 Å². The van der Waals surface area contributed by atoms with E-state index >= 15 is 0 Å². The third-order valence-electron chi connectivity index (χ3n) is 2.06. The van der Waals surface area contributed by atoms with E-state index in [1.807, 2.05) is 0 Å². The third kappa shape index (κ3) is 3.61. The Hall–Kier alpha value is -1.79. The summed E-state index contributed by atoms with van der Waals surface area (Å²) in [7, 11) is 1.42. The zero-order chi connectivity index (χ0) is 12.8. The van der Waals surface area contributed by atoms with Crippen molar-refractivity contribution in [1.29, 1.82) is 0 Å². The SMILES string of the molecule is COc1ccc(N)cc1C(=O)OCC(O)CO. The van der Waals surface area contributed by atoms with Gasteiger partial charge in [-0.05, 0) is 18.2 Å². The average molecular weight is 241 g/mol. The standard InChI is InChI=1S/C11H15NO5/c1-16-10-3-2-7(12)4-9(10)11(15)17-6-8(14)5-13/h2-4,8,13-14H,5-6,12H2,1H3. The number of esters is 1. The minimum absolute atomic E-state index is 0.178. The van der Waals surface area contributed by atoms with E-state index < -0.39 is 18.7 Å². The van der Waals surface area contributed by atoms with Gasteiger partial charge < -0.3 is 25.4 Å². The van der Waals surface area contributed by atoms with Crippen molar-refractivity contribution in [3.8, 4) is 5.75 Å². The van der Waals surface area contributed by atoms with Crippen LogP contribution in [-0.4, -0.2) is 42.6 Å². The molecule has 0 amide bonds. The highest BCUT2D eigenvalue weighted by atomic mass is 16.5. The number of ether oxygens (including phenoxy) is 2. The van der Waals surface area contributed by atoms with E-state index in [1.54, 1.807) is 12.1 Å². The molecule has 0 aliphatic rings. The fraction of sp³-hybridized carbons (Fsp3) is 0.364. The molecule has 0 saturated heterocycles. The molecule has 1 unspecified atom stereocenters. The van der Waals surface area contributed by atoms with E-state index in [0.717, 1.165) is 0 Å². The van der Waals surface area contributed by atoms with Crippen molar-refractivity contribution in [2.24, 2.45) is 0 Å². The first-order chi connectivity index (χ1) is 8.08. The first kappa shape index (κ1) is 13.3. The number of hydrogen-bond acceptors (Lipinski definition) is 6. The molecule has 0 aliphatic carbocycles. The van der Waals surface area contributed by atoms with Crippen LogP contribution in [0.1, 0.15) is 10.4 Å². The van der Waals surface area contributed by atoms with Gasteiger partial charge in [-0.1, -0.05) is 0 Å². The van der Waals surface area contributed by atoms with E-state index in [1.165, 1.54) is 13.2 Å². The Labute approximate surface area is 98.6 Å². The maximum atomic E-state index is 11.6. The number of anilines is 1. The Morgan fingerprint density at radius 2 is 2.24 bits per heavy atom. The molecule has 0 aromatic heterocycles. The van der Waals surface area contributed by atoms with Gasteiger partial charge >= 0.3 is 5.97 Å². The number of hydrogen-bond donors (Lipinski definition) is 3. The predicted molar refractivity (Wildman–Crippen MR) is 60.8 cm³/mol. The number of aliphatic hydroxyl groups excluding tert-OH is 2. The van der Waals surface area contributed by atoms with Crippen molar-refractivity contribution in [2.75, 3.05) is 26.1 Å². The molecule has 17 heavy (non-hydrogen) atoms. The minimum atomic E-state index is -1.09. The molecule has 1 atom stereocenters. The summed E-state index contributed by atoms with van der Waals surface area (Å²) >= 11 is 0. The van der Waals surface area contributed by atoms with Crippen LogP contribution >= 0.6 is 0 Å². The molecule has 0 bridgehead atoms. The molecule has 0 aliphatic heterocycles. The molecular weight excluding hydrogens is 226 g/mol. The molecule has 1 aromatic rings. The molecule has 6 heteroatoms. The molecule has 0 fully saturated rings. The second kappa shape index (κ2) is 6.07. The maximum Gasteiger partial charge on any atom is 0.342 e. The summed E-state index contributed by atoms with van der Waals surface area (Å²) in [4.78, 5) is 11.6. The largest absolute Gasteiger partial charge is 0.496 e. The fourth-order valence-electron chi connectivity index (χ4n) is 1.19. The van der Waals surface area contributed by atoms with Crippen LogP contribution in [0.2, 0.25) is 0 Å². The number of carbonyl (C=O) groups is 1. The molecule has 1 aromatic carbocycles. The Balaban J connectivity index is 2.77. The highest BCUT2D eigenvalue weighted by Crippen LogP contribution is 2.21. The number of nitrogen functional groups attached to an aromatic ring is 1. The molecule has 0 spiro atoms. The van der Waals surface area contributed by atoms with Crippen molar-refractivity contribution in [1.82, 2.24) is 0 Å². The lowest BCUT2D eigenvalue weighted by Gasteiger charge is -2.11. The highest BCUT2D eigenvalue weighted by Gasteiger charge is 2.15. The lowest BCUT2D eigenvalue weighted by molar-refractivity contribution is 0.00912. The normalized spacial score (nSPS) is 11.9. The van der Waals surface area contributed by atoms with Gasteiger partial charge in [0.15, 0.2) is 0 Å². The second-order valence-corrected chi connectivity index (χ2v) is 3.39. The van der Waals surface area contributed by atoms with Crippen molar-refractivity contribution in [3.63, 3.8) is 0 Å². The number of carbonyl (C=O) groups excluding carboxylic acids is 1. The average Bonchev–Trinajstić information content (AvgIpc) is 2.35. The van der Waals surface area contributed by atoms with Crippen molar-refractivity contribution >= 4 is 11.7 Å². The van der Waals surface area contributed by atoms with Crippen LogP contribution in [0.15, 0.2) is 18.2 Å². The molecule has 4 N–H and O–H groups in total. The van der Waals surface area contributed by atoms with Gasteiger partial charge in [0.05, 0.1) is 13.7 Å². The molecule has 1 rings (SSSR count). The summed E-state index contributed by atoms with van der Waals surface area (Å²) in [6, 6.07) is 4.57. The predicted octanol–water partition coefficient (Wildman–Crippen LogP) is -0.213. The van der Waals surface area contributed by atoms with E-state index in [-0.39, 0.29) is 12.2 Å². The summed E-state index contributed by atoms with van der Waals surface area (Å²) in [6.07, 6.45) is -1.09. The van der Waals surface area contributed by atoms with Gasteiger partial charge in [0.1, 0.15) is 24.0 Å². The van der Waals surface area contributed by atoms with Gasteiger partial charge in [-0.2, -0.15) is 0 Å². The van der Waals surface area contributed by atoms with Crippen molar-refractivity contribution < 1.29 is 24.5 Å². The number of nitrogens with two attached hydrogens (primary N) is 1. The number of rotatable bonds is 5. The van der Waals surface area contributed by atoms with Crippen LogP contribution in [0.3, 0.4) is 0 Å². The number of aliphatic hydroxyl groups is 2. The Bertz CT molecular complexity index is 393. The lowest BCUT2D eigenvalue weighted by atomic mass is 10.2. The van der Waals surface area contributed by atoms with Gasteiger partial charge in [-0.25, -0.2) is 4.79 Å². The molecule has 0 heterocycles. The van der Waals surface area contributed by atoms with Crippen LogP contribution in [0.4, 0.5) is 5.69 Å². The number of benzene rings is 1. The van der Waals surface area contributed by atoms with Gasteiger partial charge in [0, 0.05) is 5.69 Å². The molecule has 0 saturated carbocycles. The monoisotopic (exact) mass is 241 g/mol. The van der Waals surface area contributed by atoms with Crippen LogP contribution in [-0.2, 0) is 4.74 Å². The summed E-state index contributed by atoms with van der Waals surface area (Å²) in [6.45, 7) is -0.755. The molecule has 6 nitrogen and oxygen atoms in total. The molecule has 94 valence electrons. The third-order valence-corrected chi connectivity index (χ3v) is 2.06. The molecular formula is C11H15NO5. The van der Waals surface area contributed by atoms with E-state index in [0.29, 0.717) is 11.4 Å². The van der Waals surface area contributed by atoms with Gasteiger partial charge in [-0.3, -0.25) is 0 Å². The smallest absolute Gasteiger partial charge is 0.342 e. The Morgan fingerprint density at radius 3 is 2.82 bits per heavy atom. The van der Waals surface area contributed by atoms with Gasteiger partial charge in [-0.15, -0.1) is 0 Å². The topological polar surface area (TPSA) is 102 Å². The van der Waals surface area contributed by atoms with E-state index in [2.05, 4.69) is 0 Å². The van der Waals surface area contributed by atoms with Gasteiger partial charge in [0.2, 0.25) is 0 Å². The van der Waals surface area contributed by atoms with E-state index in [9.17, 15) is 4.79 Å². The molecule has 0 radical (unpaired) electrons.